The van der Waals surface area contributed by atoms with Crippen molar-refractivity contribution < 1.29 is 0 Å². The van der Waals surface area contributed by atoms with Crippen LogP contribution in [0.25, 0.3) is 5.69 Å². The molecule has 5 nitrogen and oxygen atoms in total. The summed E-state index contributed by atoms with van der Waals surface area (Å²) in [5.74, 6) is 0. The Morgan fingerprint density at radius 3 is 2.44 bits per heavy atom. The number of rotatable bonds is 1. The van der Waals surface area contributed by atoms with Crippen LogP contribution in [-0.4, -0.2) is 9.55 Å². The molecule has 0 atom stereocenters. The van der Waals surface area contributed by atoms with Crippen LogP contribution < -0.4 is 11.2 Å². The van der Waals surface area contributed by atoms with E-state index in [4.69, 9.17) is 16.9 Å². The van der Waals surface area contributed by atoms with Gasteiger partial charge in [0.1, 0.15) is 5.15 Å². The topological polar surface area (TPSA) is 78.7 Å². The van der Waals surface area contributed by atoms with Gasteiger partial charge in [0.2, 0.25) is 0 Å². The second-order valence-electron chi connectivity index (χ2n) is 3.67. The van der Waals surface area contributed by atoms with Crippen LogP contribution in [0.4, 0.5) is 0 Å². The molecule has 1 N–H and O–H groups in total. The number of hydrogen-bond donors (Lipinski definition) is 1. The molecule has 2 aromatic rings. The van der Waals surface area contributed by atoms with Crippen molar-refractivity contribution in [3.8, 4) is 11.8 Å². The van der Waals surface area contributed by atoms with Crippen LogP contribution in [0.15, 0.2) is 33.9 Å². The molecule has 1 aromatic carbocycles. The third-order valence-electron chi connectivity index (χ3n) is 2.53. The van der Waals surface area contributed by atoms with Crippen molar-refractivity contribution in [1.29, 1.82) is 5.26 Å². The van der Waals surface area contributed by atoms with E-state index in [1.807, 2.05) is 6.07 Å². The van der Waals surface area contributed by atoms with Gasteiger partial charge in [-0.2, -0.15) is 5.26 Å². The summed E-state index contributed by atoms with van der Waals surface area (Å²) in [6.45, 7) is 1.53. The lowest BCUT2D eigenvalue weighted by atomic mass is 10.2. The zero-order valence-electron chi connectivity index (χ0n) is 9.40. The molecule has 0 aliphatic carbocycles. The first kappa shape index (κ1) is 12.1. The van der Waals surface area contributed by atoms with Gasteiger partial charge in [-0.05, 0) is 31.2 Å². The van der Waals surface area contributed by atoms with Gasteiger partial charge in [0.05, 0.1) is 22.9 Å². The SMILES string of the molecule is Cc1c(Cl)[nH]c(=O)n(-c2ccc(C#N)cc2)c1=O. The average molecular weight is 262 g/mol. The maximum absolute atomic E-state index is 12.0. The summed E-state index contributed by atoms with van der Waals surface area (Å²) in [6, 6.07) is 8.09. The molecule has 1 heterocycles. The third-order valence-corrected chi connectivity index (χ3v) is 2.91. The summed E-state index contributed by atoms with van der Waals surface area (Å²) >= 11 is 5.71. The van der Waals surface area contributed by atoms with Gasteiger partial charge in [0.15, 0.2) is 0 Å². The van der Waals surface area contributed by atoms with E-state index in [0.29, 0.717) is 11.3 Å². The fourth-order valence-electron chi connectivity index (χ4n) is 1.52. The van der Waals surface area contributed by atoms with Crippen molar-refractivity contribution in [2.24, 2.45) is 0 Å². The fourth-order valence-corrected chi connectivity index (χ4v) is 1.68. The Hall–Kier alpha value is -2.32. The first-order chi connectivity index (χ1) is 8.54. The van der Waals surface area contributed by atoms with Crippen molar-refractivity contribution in [2.45, 2.75) is 6.92 Å². The Bertz CT molecular complexity index is 751. The quantitative estimate of drug-likeness (QED) is 0.787. The van der Waals surface area contributed by atoms with Gasteiger partial charge in [-0.15, -0.1) is 0 Å². The molecule has 90 valence electrons. The molecule has 0 bridgehead atoms. The second kappa shape index (κ2) is 4.51. The van der Waals surface area contributed by atoms with E-state index in [2.05, 4.69) is 4.98 Å². The van der Waals surface area contributed by atoms with E-state index in [1.54, 1.807) is 0 Å². The minimum Gasteiger partial charge on any atom is -0.297 e. The summed E-state index contributed by atoms with van der Waals surface area (Å²) in [7, 11) is 0. The van der Waals surface area contributed by atoms with Gasteiger partial charge in [-0.25, -0.2) is 9.36 Å². The Kier molecular flexibility index (Phi) is 3.04. The molecule has 6 heteroatoms. The van der Waals surface area contributed by atoms with Crippen molar-refractivity contribution in [1.82, 2.24) is 9.55 Å². The Labute approximate surface area is 107 Å². The molecule has 0 saturated carbocycles. The van der Waals surface area contributed by atoms with Gasteiger partial charge in [-0.1, -0.05) is 11.6 Å². The fraction of sp³-hybridized carbons (Fsp3) is 0.0833. The summed E-state index contributed by atoms with van der Waals surface area (Å²) in [5.41, 5.74) is 0.0170. The largest absolute Gasteiger partial charge is 0.334 e. The number of benzene rings is 1. The average Bonchev–Trinajstić information content (AvgIpc) is 2.37. The maximum atomic E-state index is 12.0. The number of hydrogen-bond acceptors (Lipinski definition) is 3. The van der Waals surface area contributed by atoms with Crippen LogP contribution in [0.1, 0.15) is 11.1 Å². The Morgan fingerprint density at radius 1 is 1.28 bits per heavy atom. The van der Waals surface area contributed by atoms with E-state index in [1.165, 1.54) is 31.2 Å². The van der Waals surface area contributed by atoms with E-state index in [9.17, 15) is 9.59 Å². The predicted octanol–water partition coefficient (Wildman–Crippen LogP) is 1.36. The van der Waals surface area contributed by atoms with E-state index >= 15 is 0 Å². The molecule has 0 unspecified atom stereocenters. The highest BCUT2D eigenvalue weighted by atomic mass is 35.5. The maximum Gasteiger partial charge on any atom is 0.334 e. The molecule has 0 aliphatic heterocycles. The first-order valence-corrected chi connectivity index (χ1v) is 5.44. The zero-order valence-corrected chi connectivity index (χ0v) is 10.2. The molecule has 0 radical (unpaired) electrons. The molecule has 2 rings (SSSR count). The number of aromatic amines is 1. The smallest absolute Gasteiger partial charge is 0.297 e. The minimum absolute atomic E-state index is 0.0369. The van der Waals surface area contributed by atoms with Crippen molar-refractivity contribution in [3.63, 3.8) is 0 Å². The highest BCUT2D eigenvalue weighted by molar-refractivity contribution is 6.30. The standard InChI is InChI=1S/C12H8ClN3O2/c1-7-10(13)15-12(18)16(11(7)17)9-4-2-8(6-14)3-5-9/h2-5H,1H3,(H,15,18). The number of H-pyrrole nitrogens is 1. The highest BCUT2D eigenvalue weighted by Gasteiger charge is 2.10. The van der Waals surface area contributed by atoms with Gasteiger partial charge >= 0.3 is 5.69 Å². The van der Waals surface area contributed by atoms with Gasteiger partial charge in [0.25, 0.3) is 5.56 Å². The van der Waals surface area contributed by atoms with Crippen molar-refractivity contribution >= 4 is 11.6 Å². The lowest BCUT2D eigenvalue weighted by Crippen LogP contribution is -2.35. The monoisotopic (exact) mass is 261 g/mol. The normalized spacial score (nSPS) is 10.1. The lowest BCUT2D eigenvalue weighted by molar-refractivity contribution is 0.860. The van der Waals surface area contributed by atoms with Crippen molar-refractivity contribution in [3.05, 3.63) is 61.4 Å². The second-order valence-corrected chi connectivity index (χ2v) is 4.05. The van der Waals surface area contributed by atoms with Crippen LogP contribution in [0.5, 0.6) is 0 Å². The third kappa shape index (κ3) is 1.94. The molecular weight excluding hydrogens is 254 g/mol. The number of halogens is 1. The van der Waals surface area contributed by atoms with Gasteiger partial charge < -0.3 is 0 Å². The first-order valence-electron chi connectivity index (χ1n) is 5.06. The van der Waals surface area contributed by atoms with E-state index in [-0.39, 0.29) is 10.7 Å². The molecule has 0 aliphatic rings. The van der Waals surface area contributed by atoms with Crippen molar-refractivity contribution in [2.75, 3.05) is 0 Å². The molecule has 0 saturated heterocycles. The summed E-state index contributed by atoms with van der Waals surface area (Å²) in [4.78, 5) is 26.1. The molecule has 0 spiro atoms. The van der Waals surface area contributed by atoms with Crippen LogP contribution in [0.2, 0.25) is 5.15 Å². The van der Waals surface area contributed by atoms with Crippen LogP contribution in [0, 0.1) is 18.3 Å². The summed E-state index contributed by atoms with van der Waals surface area (Å²) in [6.07, 6.45) is 0. The predicted molar refractivity (Wildman–Crippen MR) is 67.1 cm³/mol. The highest BCUT2D eigenvalue weighted by Crippen LogP contribution is 2.08. The molecule has 1 aromatic heterocycles. The number of nitrogens with one attached hydrogen (secondary N) is 1. The zero-order chi connectivity index (χ0) is 13.3. The van der Waals surface area contributed by atoms with Gasteiger partial charge in [0, 0.05) is 0 Å². The van der Waals surface area contributed by atoms with Crippen LogP contribution in [-0.2, 0) is 0 Å². The summed E-state index contributed by atoms with van der Waals surface area (Å²) in [5, 5.41) is 8.72. The molecular formula is C12H8ClN3O2. The minimum atomic E-state index is -0.611. The molecule has 18 heavy (non-hydrogen) atoms. The summed E-state index contributed by atoms with van der Waals surface area (Å²) < 4.78 is 0.975. The molecule has 0 amide bonds. The number of nitrogens with zero attached hydrogens (tertiary/aromatic N) is 2. The number of aromatic nitrogens is 2. The van der Waals surface area contributed by atoms with Crippen LogP contribution in [0.3, 0.4) is 0 Å². The molecule has 0 fully saturated rings. The Morgan fingerprint density at radius 2 is 1.89 bits per heavy atom. The lowest BCUT2D eigenvalue weighted by Gasteiger charge is -2.06. The number of nitriles is 1. The van der Waals surface area contributed by atoms with Gasteiger partial charge in [-0.3, -0.25) is 9.78 Å². The van der Waals surface area contributed by atoms with E-state index in [0.717, 1.165) is 4.57 Å². The Balaban J connectivity index is 2.72. The van der Waals surface area contributed by atoms with Crippen LogP contribution >= 0.6 is 11.6 Å². The van der Waals surface area contributed by atoms with E-state index < -0.39 is 11.2 Å².